The predicted octanol–water partition coefficient (Wildman–Crippen LogP) is 9.47. The molecule has 8 rings (SSSR count). The maximum Gasteiger partial charge on any atom is 0.268 e. The van der Waals surface area contributed by atoms with Crippen LogP contribution in [0, 0.1) is 6.57 Å². The Morgan fingerprint density at radius 3 is 2.07 bits per heavy atom. The summed E-state index contributed by atoms with van der Waals surface area (Å²) in [7, 11) is 0. The minimum absolute atomic E-state index is 0.351. The predicted molar refractivity (Wildman–Crippen MR) is 175 cm³/mol. The largest absolute Gasteiger partial charge is 0.308 e. The Morgan fingerprint density at radius 1 is 0.545 bits per heavy atom. The van der Waals surface area contributed by atoms with Crippen molar-refractivity contribution in [2.45, 2.75) is 0 Å². The number of carbonyl (C=O) groups excluding carboxylic acids is 2. The van der Waals surface area contributed by atoms with Crippen LogP contribution in [0.2, 0.25) is 0 Å². The second-order valence-electron chi connectivity index (χ2n) is 10.7. The molecule has 0 radical (unpaired) electrons. The first-order valence-electron chi connectivity index (χ1n) is 14.3. The van der Waals surface area contributed by atoms with Crippen LogP contribution < -0.4 is 4.90 Å². The molecule has 44 heavy (non-hydrogen) atoms. The molecule has 0 aliphatic carbocycles. The second kappa shape index (κ2) is 9.94. The summed E-state index contributed by atoms with van der Waals surface area (Å²) in [6.07, 6.45) is 0. The number of para-hydroxylation sites is 3. The van der Waals surface area contributed by atoms with Gasteiger partial charge in [0.25, 0.3) is 11.8 Å². The lowest BCUT2D eigenvalue weighted by Crippen LogP contribution is -2.29. The summed E-state index contributed by atoms with van der Waals surface area (Å²) in [5.74, 6) is -0.716. The van der Waals surface area contributed by atoms with Crippen molar-refractivity contribution in [2.24, 2.45) is 0 Å². The molecule has 2 heterocycles. The van der Waals surface area contributed by atoms with Gasteiger partial charge in [0.05, 0.1) is 40.1 Å². The van der Waals surface area contributed by atoms with Crippen molar-refractivity contribution < 1.29 is 9.59 Å². The summed E-state index contributed by atoms with van der Waals surface area (Å²) in [5, 5.41) is 2.02. The Morgan fingerprint density at radius 2 is 1.20 bits per heavy atom. The Bertz CT molecular complexity index is 2340. The number of carbonyl (C=O) groups is 2. The van der Waals surface area contributed by atoms with Crippen LogP contribution in [0.3, 0.4) is 0 Å². The van der Waals surface area contributed by atoms with Gasteiger partial charge in [0.1, 0.15) is 0 Å². The first-order chi connectivity index (χ1) is 21.7. The average molecular weight is 566 g/mol. The van der Waals surface area contributed by atoms with Gasteiger partial charge in [-0.25, -0.2) is 9.74 Å². The summed E-state index contributed by atoms with van der Waals surface area (Å²) in [4.78, 5) is 33.4. The lowest BCUT2D eigenvalue weighted by Gasteiger charge is -2.16. The first kappa shape index (κ1) is 25.5. The van der Waals surface area contributed by atoms with E-state index in [1.807, 2.05) is 115 Å². The number of hydrogen-bond donors (Lipinski definition) is 0. The first-order valence-corrected chi connectivity index (χ1v) is 14.3. The van der Waals surface area contributed by atoms with Gasteiger partial charge in [-0.15, -0.1) is 0 Å². The highest BCUT2D eigenvalue weighted by atomic mass is 16.2. The molecule has 0 spiro atoms. The van der Waals surface area contributed by atoms with Crippen molar-refractivity contribution in [3.63, 3.8) is 0 Å². The molecule has 1 aliphatic rings. The molecule has 0 atom stereocenters. The molecule has 5 heteroatoms. The number of nitrogens with zero attached hydrogens (tertiary/aromatic N) is 3. The van der Waals surface area contributed by atoms with Gasteiger partial charge >= 0.3 is 0 Å². The third-order valence-corrected chi connectivity index (χ3v) is 8.35. The van der Waals surface area contributed by atoms with Crippen molar-refractivity contribution >= 4 is 45.0 Å². The molecule has 5 nitrogen and oxygen atoms in total. The fourth-order valence-electron chi connectivity index (χ4n) is 6.43. The van der Waals surface area contributed by atoms with Gasteiger partial charge in [0, 0.05) is 10.8 Å². The zero-order chi connectivity index (χ0) is 29.8. The van der Waals surface area contributed by atoms with Crippen LogP contribution in [0.4, 0.5) is 11.4 Å². The van der Waals surface area contributed by atoms with Crippen LogP contribution in [0.25, 0.3) is 54.6 Å². The van der Waals surface area contributed by atoms with E-state index in [0.717, 1.165) is 44.1 Å². The van der Waals surface area contributed by atoms with E-state index in [9.17, 15) is 9.59 Å². The van der Waals surface area contributed by atoms with Crippen LogP contribution >= 0.6 is 0 Å². The lowest BCUT2D eigenvalue weighted by molar-refractivity contribution is 0.0926. The summed E-state index contributed by atoms with van der Waals surface area (Å²) in [6.45, 7) is 7.82. The molecule has 0 N–H and O–H groups in total. The van der Waals surface area contributed by atoms with Crippen LogP contribution in [0.15, 0.2) is 140 Å². The second-order valence-corrected chi connectivity index (χ2v) is 10.7. The summed E-state index contributed by atoms with van der Waals surface area (Å²) < 4.78 is 2.08. The normalized spacial score (nSPS) is 12.6. The van der Waals surface area contributed by atoms with E-state index >= 15 is 0 Å². The Balaban J connectivity index is 1.37. The van der Waals surface area contributed by atoms with Crippen molar-refractivity contribution in [3.05, 3.63) is 162 Å². The summed E-state index contributed by atoms with van der Waals surface area (Å²) in [5.41, 5.74) is 7.83. The molecular formula is C39H23N3O2. The fourth-order valence-corrected chi connectivity index (χ4v) is 6.43. The van der Waals surface area contributed by atoms with E-state index in [1.165, 1.54) is 4.90 Å². The highest BCUT2D eigenvalue weighted by molar-refractivity contribution is 6.36. The third-order valence-electron chi connectivity index (χ3n) is 8.35. The molecule has 206 valence electrons. The number of benzene rings is 6. The van der Waals surface area contributed by atoms with E-state index in [4.69, 9.17) is 6.57 Å². The lowest BCUT2D eigenvalue weighted by atomic mass is 10.00. The van der Waals surface area contributed by atoms with Crippen molar-refractivity contribution in [3.8, 4) is 27.9 Å². The van der Waals surface area contributed by atoms with Crippen molar-refractivity contribution in [2.75, 3.05) is 4.90 Å². The van der Waals surface area contributed by atoms with E-state index in [0.29, 0.717) is 28.2 Å². The van der Waals surface area contributed by atoms with Crippen molar-refractivity contribution in [1.29, 1.82) is 0 Å². The van der Waals surface area contributed by atoms with E-state index in [1.54, 1.807) is 12.1 Å². The van der Waals surface area contributed by atoms with E-state index < -0.39 is 0 Å². The molecule has 0 saturated carbocycles. The molecule has 2 amide bonds. The number of imide groups is 1. The minimum Gasteiger partial charge on any atom is -0.308 e. The van der Waals surface area contributed by atoms with Gasteiger partial charge in [-0.3, -0.25) is 9.59 Å². The van der Waals surface area contributed by atoms with Gasteiger partial charge < -0.3 is 4.57 Å². The molecule has 6 aromatic carbocycles. The summed E-state index contributed by atoms with van der Waals surface area (Å²) >= 11 is 0. The average Bonchev–Trinajstić information content (AvgIpc) is 3.56. The van der Waals surface area contributed by atoms with Gasteiger partial charge in [-0.1, -0.05) is 109 Å². The molecule has 1 aliphatic heterocycles. The maximum absolute atomic E-state index is 14.4. The fraction of sp³-hybridized carbons (Fsp3) is 0. The SMILES string of the molecule is [C-]#[N+]c1ccccc1-c1cccc2c3ccccc3n(-c3cccc4c3C(=O)N(c3cccc(-c5ccccc5)c3)C4=O)c12. The van der Waals surface area contributed by atoms with Gasteiger partial charge in [-0.05, 0) is 52.6 Å². The number of fused-ring (bicyclic) bond motifs is 4. The van der Waals surface area contributed by atoms with Crippen LogP contribution in [-0.4, -0.2) is 16.4 Å². The minimum atomic E-state index is -0.365. The highest BCUT2D eigenvalue weighted by Gasteiger charge is 2.39. The van der Waals surface area contributed by atoms with Gasteiger partial charge in [0.15, 0.2) is 5.69 Å². The van der Waals surface area contributed by atoms with Gasteiger partial charge in [0.2, 0.25) is 0 Å². The third kappa shape index (κ3) is 3.72. The topological polar surface area (TPSA) is 46.7 Å². The molecule has 1 aromatic heterocycles. The zero-order valence-corrected chi connectivity index (χ0v) is 23.4. The monoisotopic (exact) mass is 565 g/mol. The Labute approximate surface area is 253 Å². The van der Waals surface area contributed by atoms with Crippen LogP contribution in [0.1, 0.15) is 20.7 Å². The standard InChI is InChI=1S/C39H23N3O2/c1-40-33-21-7-5-16-28(33)30-18-10-19-31-29-17-6-8-22-34(29)42(37(30)31)35-23-11-20-32-36(35)39(44)41(38(32)43)27-15-9-14-26(24-27)25-12-3-2-4-13-25/h2-24H. The van der Waals surface area contributed by atoms with Crippen LogP contribution in [0.5, 0.6) is 0 Å². The maximum atomic E-state index is 14.4. The van der Waals surface area contributed by atoms with Gasteiger partial charge in [-0.2, -0.15) is 0 Å². The van der Waals surface area contributed by atoms with E-state index in [2.05, 4.69) is 21.5 Å². The number of hydrogen-bond acceptors (Lipinski definition) is 2. The number of anilines is 1. The quantitative estimate of drug-likeness (QED) is 0.158. The Hall–Kier alpha value is -6.25. The number of amides is 2. The molecule has 7 aromatic rings. The molecule has 0 fully saturated rings. The Kier molecular flexibility index (Phi) is 5.75. The molecule has 0 bridgehead atoms. The highest BCUT2D eigenvalue weighted by Crippen LogP contribution is 2.43. The molecule has 0 unspecified atom stereocenters. The van der Waals surface area contributed by atoms with E-state index in [-0.39, 0.29) is 11.8 Å². The zero-order valence-electron chi connectivity index (χ0n) is 23.4. The number of aromatic nitrogens is 1. The van der Waals surface area contributed by atoms with Crippen LogP contribution in [-0.2, 0) is 0 Å². The van der Waals surface area contributed by atoms with Crippen molar-refractivity contribution in [1.82, 2.24) is 4.57 Å². The smallest absolute Gasteiger partial charge is 0.268 e. The molecular weight excluding hydrogens is 542 g/mol. The summed E-state index contributed by atoms with van der Waals surface area (Å²) in [6, 6.07) is 44.6. The molecule has 0 saturated heterocycles. The number of rotatable bonds is 4.